The number of para-hydroxylation sites is 1. The topological polar surface area (TPSA) is 36.4 Å². The molecule has 4 rings (SSSR count). The molecular formula is C19H21N3O. The van der Waals surface area contributed by atoms with Crippen LogP contribution in [0.4, 0.5) is 11.4 Å². The van der Waals surface area contributed by atoms with Crippen molar-refractivity contribution in [2.24, 2.45) is 0 Å². The number of benzene rings is 1. The number of carbonyl (C=O) groups is 1. The van der Waals surface area contributed by atoms with Crippen LogP contribution in [-0.4, -0.2) is 35.4 Å². The molecule has 23 heavy (non-hydrogen) atoms. The van der Waals surface area contributed by atoms with Gasteiger partial charge in [-0.05, 0) is 49.4 Å². The van der Waals surface area contributed by atoms with Crippen molar-refractivity contribution >= 4 is 17.3 Å². The molecule has 0 aliphatic carbocycles. The van der Waals surface area contributed by atoms with Gasteiger partial charge in [-0.3, -0.25) is 4.79 Å². The lowest BCUT2D eigenvalue weighted by molar-refractivity contribution is 0.0718. The molecule has 3 heterocycles. The van der Waals surface area contributed by atoms with Crippen molar-refractivity contribution in [3.05, 3.63) is 53.9 Å². The van der Waals surface area contributed by atoms with Crippen molar-refractivity contribution < 1.29 is 4.79 Å². The van der Waals surface area contributed by atoms with Crippen molar-refractivity contribution in [1.82, 2.24) is 9.88 Å². The van der Waals surface area contributed by atoms with E-state index in [1.807, 2.05) is 23.2 Å². The van der Waals surface area contributed by atoms with Crippen molar-refractivity contribution in [3.63, 3.8) is 0 Å². The van der Waals surface area contributed by atoms with E-state index in [2.05, 4.69) is 34.1 Å². The highest BCUT2D eigenvalue weighted by Gasteiger charge is 2.22. The van der Waals surface area contributed by atoms with Crippen molar-refractivity contribution in [2.45, 2.75) is 25.7 Å². The minimum Gasteiger partial charge on any atom is -0.340 e. The molecule has 2 aliphatic rings. The Morgan fingerprint density at radius 2 is 1.78 bits per heavy atom. The van der Waals surface area contributed by atoms with E-state index in [9.17, 15) is 4.79 Å². The number of rotatable bonds is 2. The second-order valence-corrected chi connectivity index (χ2v) is 6.28. The number of amides is 1. The Kier molecular flexibility index (Phi) is 3.74. The largest absolute Gasteiger partial charge is 0.340 e. The summed E-state index contributed by atoms with van der Waals surface area (Å²) in [6.07, 6.45) is 6.33. The van der Waals surface area contributed by atoms with Gasteiger partial charge in [0.15, 0.2) is 0 Å². The third kappa shape index (κ3) is 2.69. The van der Waals surface area contributed by atoms with Gasteiger partial charge in [-0.15, -0.1) is 0 Å². The van der Waals surface area contributed by atoms with Gasteiger partial charge < -0.3 is 9.80 Å². The van der Waals surface area contributed by atoms with Gasteiger partial charge in [0.1, 0.15) is 5.69 Å². The first-order valence-electron chi connectivity index (χ1n) is 8.44. The van der Waals surface area contributed by atoms with Gasteiger partial charge in [0, 0.05) is 25.3 Å². The zero-order valence-corrected chi connectivity index (χ0v) is 13.2. The minimum absolute atomic E-state index is 0.0677. The van der Waals surface area contributed by atoms with Crippen molar-refractivity contribution in [2.75, 3.05) is 24.5 Å². The molecule has 0 unspecified atom stereocenters. The van der Waals surface area contributed by atoms with Crippen LogP contribution >= 0.6 is 0 Å². The van der Waals surface area contributed by atoms with E-state index in [0.717, 1.165) is 44.6 Å². The molecule has 118 valence electrons. The molecule has 1 aromatic heterocycles. The van der Waals surface area contributed by atoms with Crippen LogP contribution in [0.3, 0.4) is 0 Å². The number of fused-ring (bicyclic) bond motifs is 1. The van der Waals surface area contributed by atoms with E-state index in [1.165, 1.54) is 17.7 Å². The molecule has 4 heteroatoms. The SMILES string of the molecule is O=C(c1ccc(N2CCc3ccccc32)cn1)N1CCCCC1. The number of piperidine rings is 1. The number of hydrogen-bond acceptors (Lipinski definition) is 3. The Bertz CT molecular complexity index is 705. The average molecular weight is 307 g/mol. The molecule has 1 saturated heterocycles. The number of nitrogens with zero attached hydrogens (tertiary/aromatic N) is 3. The van der Waals surface area contributed by atoms with E-state index in [0.29, 0.717) is 5.69 Å². The molecule has 1 amide bonds. The van der Waals surface area contributed by atoms with Crippen LogP contribution in [-0.2, 0) is 6.42 Å². The lowest BCUT2D eigenvalue weighted by Gasteiger charge is -2.26. The quantitative estimate of drug-likeness (QED) is 0.853. The summed E-state index contributed by atoms with van der Waals surface area (Å²) in [5.74, 6) is 0.0677. The average Bonchev–Trinajstić information content (AvgIpc) is 3.06. The Balaban J connectivity index is 1.53. The fourth-order valence-corrected chi connectivity index (χ4v) is 3.54. The minimum atomic E-state index is 0.0677. The molecule has 0 bridgehead atoms. The fourth-order valence-electron chi connectivity index (χ4n) is 3.54. The van der Waals surface area contributed by atoms with Crippen LogP contribution in [0.1, 0.15) is 35.3 Å². The number of pyridine rings is 1. The Morgan fingerprint density at radius 1 is 0.957 bits per heavy atom. The zero-order valence-electron chi connectivity index (χ0n) is 13.2. The number of likely N-dealkylation sites (tertiary alicyclic amines) is 1. The fraction of sp³-hybridized carbons (Fsp3) is 0.368. The Hall–Kier alpha value is -2.36. The molecule has 1 fully saturated rings. The van der Waals surface area contributed by atoms with E-state index in [1.54, 1.807) is 0 Å². The van der Waals surface area contributed by atoms with E-state index in [4.69, 9.17) is 0 Å². The van der Waals surface area contributed by atoms with Crippen molar-refractivity contribution in [1.29, 1.82) is 0 Å². The highest BCUT2D eigenvalue weighted by Crippen LogP contribution is 2.33. The lowest BCUT2D eigenvalue weighted by atomic mass is 10.1. The zero-order chi connectivity index (χ0) is 15.6. The van der Waals surface area contributed by atoms with Gasteiger partial charge in [0.2, 0.25) is 0 Å². The molecule has 0 spiro atoms. The monoisotopic (exact) mass is 307 g/mol. The van der Waals surface area contributed by atoms with Crippen molar-refractivity contribution in [3.8, 4) is 0 Å². The maximum Gasteiger partial charge on any atom is 0.272 e. The summed E-state index contributed by atoms with van der Waals surface area (Å²) in [6, 6.07) is 12.4. The maximum atomic E-state index is 12.5. The highest BCUT2D eigenvalue weighted by molar-refractivity contribution is 5.92. The second-order valence-electron chi connectivity index (χ2n) is 6.28. The molecule has 1 aromatic carbocycles. The molecule has 0 radical (unpaired) electrons. The predicted octanol–water partition coefficient (Wildman–Crippen LogP) is 3.40. The predicted molar refractivity (Wildman–Crippen MR) is 91.1 cm³/mol. The van der Waals surface area contributed by atoms with Crippen LogP contribution in [0.25, 0.3) is 0 Å². The van der Waals surface area contributed by atoms with Gasteiger partial charge in [0.25, 0.3) is 5.91 Å². The summed E-state index contributed by atoms with van der Waals surface area (Å²) in [5, 5.41) is 0. The first-order valence-corrected chi connectivity index (χ1v) is 8.44. The van der Waals surface area contributed by atoms with Crippen LogP contribution < -0.4 is 4.90 Å². The summed E-state index contributed by atoms with van der Waals surface area (Å²) in [5.41, 5.74) is 4.25. The molecule has 0 atom stereocenters. The lowest BCUT2D eigenvalue weighted by Crippen LogP contribution is -2.36. The molecule has 0 N–H and O–H groups in total. The van der Waals surface area contributed by atoms with Gasteiger partial charge >= 0.3 is 0 Å². The number of anilines is 2. The number of carbonyl (C=O) groups excluding carboxylic acids is 1. The molecule has 0 saturated carbocycles. The standard InChI is InChI=1S/C19H21N3O/c23-19(21-11-4-1-5-12-21)17-9-8-16(14-20-17)22-13-10-15-6-2-3-7-18(15)22/h2-3,6-9,14H,1,4-5,10-13H2. The molecule has 2 aromatic rings. The van der Waals surface area contributed by atoms with E-state index in [-0.39, 0.29) is 5.91 Å². The number of aromatic nitrogens is 1. The number of hydrogen-bond donors (Lipinski definition) is 0. The summed E-state index contributed by atoms with van der Waals surface area (Å²) < 4.78 is 0. The van der Waals surface area contributed by atoms with Gasteiger partial charge in [0.05, 0.1) is 11.9 Å². The van der Waals surface area contributed by atoms with Crippen LogP contribution in [0, 0.1) is 0 Å². The molecule has 2 aliphatic heterocycles. The normalized spacial score (nSPS) is 17.2. The smallest absolute Gasteiger partial charge is 0.272 e. The van der Waals surface area contributed by atoms with E-state index < -0.39 is 0 Å². The summed E-state index contributed by atoms with van der Waals surface area (Å²) in [6.45, 7) is 2.70. The summed E-state index contributed by atoms with van der Waals surface area (Å²) >= 11 is 0. The Labute approximate surface area is 136 Å². The second kappa shape index (κ2) is 6.03. The van der Waals surface area contributed by atoms with Gasteiger partial charge in [-0.2, -0.15) is 0 Å². The summed E-state index contributed by atoms with van der Waals surface area (Å²) in [4.78, 5) is 21.1. The van der Waals surface area contributed by atoms with Gasteiger partial charge in [-0.25, -0.2) is 4.98 Å². The first kappa shape index (κ1) is 14.2. The molecule has 4 nitrogen and oxygen atoms in total. The van der Waals surface area contributed by atoms with Crippen LogP contribution in [0.15, 0.2) is 42.6 Å². The third-order valence-electron chi connectivity index (χ3n) is 4.81. The third-order valence-corrected chi connectivity index (χ3v) is 4.81. The first-order chi connectivity index (χ1) is 11.3. The molecular weight excluding hydrogens is 286 g/mol. The Morgan fingerprint density at radius 3 is 2.57 bits per heavy atom. The van der Waals surface area contributed by atoms with Crippen LogP contribution in [0.5, 0.6) is 0 Å². The highest BCUT2D eigenvalue weighted by atomic mass is 16.2. The van der Waals surface area contributed by atoms with Crippen LogP contribution in [0.2, 0.25) is 0 Å². The van der Waals surface area contributed by atoms with E-state index >= 15 is 0 Å². The summed E-state index contributed by atoms with van der Waals surface area (Å²) in [7, 11) is 0. The maximum absolute atomic E-state index is 12.5. The van der Waals surface area contributed by atoms with Gasteiger partial charge in [-0.1, -0.05) is 18.2 Å².